The van der Waals surface area contributed by atoms with E-state index < -0.39 is 0 Å². The third-order valence-electron chi connectivity index (χ3n) is 11.8. The van der Waals surface area contributed by atoms with Crippen molar-refractivity contribution in [3.63, 3.8) is 0 Å². The van der Waals surface area contributed by atoms with Gasteiger partial charge in [-0.25, -0.2) is 9.97 Å². The number of anilines is 3. The van der Waals surface area contributed by atoms with Crippen LogP contribution in [0.2, 0.25) is 0 Å². The van der Waals surface area contributed by atoms with Crippen LogP contribution in [0.15, 0.2) is 204 Å². The van der Waals surface area contributed by atoms with Gasteiger partial charge in [-0.05, 0) is 119 Å². The topological polar surface area (TPSA) is 34.0 Å². The lowest BCUT2D eigenvalue weighted by Gasteiger charge is -2.33. The summed E-state index contributed by atoms with van der Waals surface area (Å²) in [6.07, 6.45) is 8.83. The van der Waals surface area contributed by atoms with Gasteiger partial charge in [0.1, 0.15) is 0 Å². The fourth-order valence-corrected chi connectivity index (χ4v) is 10.1. The second-order valence-corrected chi connectivity index (χ2v) is 16.3. The predicted molar refractivity (Wildman–Crippen MR) is 247 cm³/mol. The van der Waals surface area contributed by atoms with Crippen LogP contribution in [-0.2, 0) is 0 Å². The van der Waals surface area contributed by atoms with Gasteiger partial charge >= 0.3 is 0 Å². The Morgan fingerprint density at radius 2 is 1.27 bits per heavy atom. The third-order valence-corrected chi connectivity index (χ3v) is 12.9. The zero-order valence-electron chi connectivity index (χ0n) is 32.1. The summed E-state index contributed by atoms with van der Waals surface area (Å²) in [5, 5.41) is 6.05. The summed E-state index contributed by atoms with van der Waals surface area (Å²) in [5.74, 6) is 0.735. The van der Waals surface area contributed by atoms with Crippen LogP contribution in [0.3, 0.4) is 0 Å². The molecule has 4 nitrogen and oxygen atoms in total. The van der Waals surface area contributed by atoms with E-state index in [2.05, 4.69) is 204 Å². The molecule has 0 amide bonds. The lowest BCUT2D eigenvalue weighted by Crippen LogP contribution is -2.14. The first-order valence-electron chi connectivity index (χ1n) is 20.2. The summed E-state index contributed by atoms with van der Waals surface area (Å²) >= 11 is 1.84. The largest absolute Gasteiger partial charge is 0.309 e. The van der Waals surface area contributed by atoms with Crippen LogP contribution >= 0.6 is 11.8 Å². The van der Waals surface area contributed by atoms with E-state index in [1.807, 2.05) is 11.8 Å². The van der Waals surface area contributed by atoms with Crippen LogP contribution in [0.1, 0.15) is 18.5 Å². The van der Waals surface area contributed by atoms with Gasteiger partial charge in [-0.2, -0.15) is 0 Å². The zero-order chi connectivity index (χ0) is 38.9. The Kier molecular flexibility index (Phi) is 7.88. The maximum absolute atomic E-state index is 5.19. The van der Waals surface area contributed by atoms with E-state index in [1.54, 1.807) is 0 Å². The van der Waals surface area contributed by atoms with Crippen LogP contribution in [0.25, 0.3) is 77.3 Å². The second-order valence-electron chi connectivity index (χ2n) is 15.2. The Bertz CT molecular complexity index is 3360. The van der Waals surface area contributed by atoms with Crippen LogP contribution in [0, 0.1) is 0 Å². The quantitative estimate of drug-likeness (QED) is 0.174. The summed E-state index contributed by atoms with van der Waals surface area (Å²) in [6.45, 7) is 0. The molecule has 59 heavy (non-hydrogen) atoms. The van der Waals surface area contributed by atoms with Crippen LogP contribution in [0.4, 0.5) is 17.1 Å². The third kappa shape index (κ3) is 5.54. The van der Waals surface area contributed by atoms with E-state index in [0.717, 1.165) is 57.8 Å². The molecular weight excluding hydrogens is 737 g/mol. The maximum atomic E-state index is 5.19. The van der Waals surface area contributed by atoms with E-state index in [4.69, 9.17) is 9.97 Å². The number of para-hydroxylation sites is 3. The summed E-state index contributed by atoms with van der Waals surface area (Å²) in [6, 6.07) is 63.7. The maximum Gasteiger partial charge on any atom is 0.160 e. The number of nitrogens with zero attached hydrogens (tertiary/aromatic N) is 4. The highest BCUT2D eigenvalue weighted by atomic mass is 32.2. The molecule has 0 radical (unpaired) electrons. The molecule has 0 N–H and O–H groups in total. The molecule has 5 heteroatoms. The Morgan fingerprint density at radius 1 is 0.508 bits per heavy atom. The van der Waals surface area contributed by atoms with Gasteiger partial charge in [-0.3, -0.25) is 0 Å². The molecule has 1 aliphatic heterocycles. The van der Waals surface area contributed by atoms with Crippen molar-refractivity contribution in [2.75, 3.05) is 4.90 Å². The van der Waals surface area contributed by atoms with Gasteiger partial charge in [-0.1, -0.05) is 127 Å². The molecular formula is C54H36N4S. The number of hydrogen-bond acceptors (Lipinski definition) is 4. The van der Waals surface area contributed by atoms with Gasteiger partial charge in [0.25, 0.3) is 0 Å². The molecule has 0 bridgehead atoms. The van der Waals surface area contributed by atoms with Gasteiger partial charge in [0.2, 0.25) is 0 Å². The molecule has 278 valence electrons. The van der Waals surface area contributed by atoms with Gasteiger partial charge < -0.3 is 9.47 Å². The fourth-order valence-electron chi connectivity index (χ4n) is 9.10. The molecule has 0 saturated carbocycles. The first kappa shape index (κ1) is 33.9. The number of fused-ring (bicyclic) bond motifs is 8. The van der Waals surface area contributed by atoms with Crippen LogP contribution in [-0.4, -0.2) is 14.5 Å². The summed E-state index contributed by atoms with van der Waals surface area (Å²) in [4.78, 5) is 15.2. The molecule has 8 aromatic carbocycles. The van der Waals surface area contributed by atoms with Crippen molar-refractivity contribution >= 4 is 77.9 Å². The van der Waals surface area contributed by atoms with Crippen molar-refractivity contribution in [2.45, 2.75) is 22.6 Å². The van der Waals surface area contributed by atoms with Crippen molar-refractivity contribution < 1.29 is 0 Å². The highest BCUT2D eigenvalue weighted by Gasteiger charge is 2.26. The minimum absolute atomic E-state index is 0.735. The molecule has 0 atom stereocenters. The number of allylic oxidation sites excluding steroid dienone is 4. The number of rotatable bonds is 5. The molecule has 3 heterocycles. The minimum Gasteiger partial charge on any atom is -0.309 e. The van der Waals surface area contributed by atoms with E-state index in [1.165, 1.54) is 64.9 Å². The molecule has 2 aromatic heterocycles. The Balaban J connectivity index is 1.04. The normalized spacial score (nSPS) is 13.6. The van der Waals surface area contributed by atoms with Crippen LogP contribution in [0.5, 0.6) is 0 Å². The Labute approximate surface area is 346 Å². The standard InChI is InChI=1S/C54H36N4S/c1-3-15-36(16-4-1)53-43-20-9-10-22-44(43)55-54(56-53)37-26-30-40(31-27-37)58-46-24-13-21-42(52(46)51-41-19-8-7-14-35(41)28-32-47(51)58)38-29-33-50-48(34-38)57(39-17-5-2-6-18-39)45-23-11-12-25-49(45)59-50/h2-3,5-34H,1,4H2. The monoisotopic (exact) mass is 772 g/mol. The highest BCUT2D eigenvalue weighted by Crippen LogP contribution is 2.53. The van der Waals surface area contributed by atoms with Crippen molar-refractivity contribution in [3.8, 4) is 28.2 Å². The van der Waals surface area contributed by atoms with Crippen molar-refractivity contribution in [2.24, 2.45) is 0 Å². The molecule has 0 spiro atoms. The summed E-state index contributed by atoms with van der Waals surface area (Å²) in [5.41, 5.74) is 13.5. The second kappa shape index (κ2) is 13.7. The van der Waals surface area contributed by atoms with Gasteiger partial charge in [0.05, 0.1) is 33.6 Å². The molecule has 0 saturated heterocycles. The minimum atomic E-state index is 0.735. The Hall–Kier alpha value is -7.21. The fraction of sp³-hybridized carbons (Fsp3) is 0.0370. The lowest BCUT2D eigenvalue weighted by atomic mass is 9.96. The first-order valence-corrected chi connectivity index (χ1v) is 21.0. The molecule has 1 aliphatic carbocycles. The van der Waals surface area contributed by atoms with Gasteiger partial charge in [0.15, 0.2) is 5.82 Å². The van der Waals surface area contributed by atoms with Gasteiger partial charge in [-0.15, -0.1) is 0 Å². The predicted octanol–water partition coefficient (Wildman–Crippen LogP) is 14.9. The first-order chi connectivity index (χ1) is 29.3. The van der Waals surface area contributed by atoms with E-state index in [-0.39, 0.29) is 0 Å². The summed E-state index contributed by atoms with van der Waals surface area (Å²) in [7, 11) is 0. The number of aromatic nitrogens is 3. The van der Waals surface area contributed by atoms with Crippen molar-refractivity contribution in [1.29, 1.82) is 0 Å². The zero-order valence-corrected chi connectivity index (χ0v) is 32.9. The van der Waals surface area contributed by atoms with Crippen LogP contribution < -0.4 is 4.90 Å². The summed E-state index contributed by atoms with van der Waals surface area (Å²) < 4.78 is 2.43. The Morgan fingerprint density at radius 3 is 2.15 bits per heavy atom. The van der Waals surface area contributed by atoms with E-state index in [0.29, 0.717) is 0 Å². The number of hydrogen-bond donors (Lipinski definition) is 0. The van der Waals surface area contributed by atoms with Gasteiger partial charge in [0, 0.05) is 42.9 Å². The van der Waals surface area contributed by atoms with E-state index >= 15 is 0 Å². The molecule has 0 fully saturated rings. The molecule has 10 aromatic rings. The lowest BCUT2D eigenvalue weighted by molar-refractivity contribution is 1.04. The highest BCUT2D eigenvalue weighted by molar-refractivity contribution is 7.99. The van der Waals surface area contributed by atoms with E-state index in [9.17, 15) is 0 Å². The SMILES string of the molecule is C1=CC(c2nc(-c3ccc(-n4c5cccc(-c6ccc7c(c6)N(c6ccccc6)c6ccccc6S7)c5c5c6ccccc6ccc54)cc3)nc3ccccc23)=CCC1. The smallest absolute Gasteiger partial charge is 0.160 e. The van der Waals surface area contributed by atoms with Crippen molar-refractivity contribution in [1.82, 2.24) is 14.5 Å². The average Bonchev–Trinajstić information content (AvgIpc) is 3.66. The average molecular weight is 773 g/mol. The molecule has 2 aliphatic rings. The molecule has 0 unspecified atom stereocenters. The number of benzene rings is 8. The van der Waals surface area contributed by atoms with Crippen molar-refractivity contribution in [3.05, 3.63) is 200 Å². The molecule has 12 rings (SSSR count).